The molecule has 0 fully saturated rings. The SMILES string of the molecule is c1ccc(-c2ccc3sc4cccc(N(c5ccc(-c6ccccc6)c(-c6ccccc6)c5)c5ccc6ccc7ccccc7c6c5)c4c3c2)cc1. The summed E-state index contributed by atoms with van der Waals surface area (Å²) >= 11 is 1.87. The molecule has 52 heavy (non-hydrogen) atoms. The Morgan fingerprint density at radius 3 is 1.71 bits per heavy atom. The minimum absolute atomic E-state index is 1.11. The molecule has 0 spiro atoms. The molecule has 10 aromatic rings. The van der Waals surface area contributed by atoms with Gasteiger partial charge in [0.05, 0.1) is 5.69 Å². The molecule has 0 unspecified atom stereocenters. The van der Waals surface area contributed by atoms with Crippen LogP contribution in [0.15, 0.2) is 200 Å². The number of nitrogens with zero attached hydrogens (tertiary/aromatic N) is 1. The summed E-state index contributed by atoms with van der Waals surface area (Å²) in [6, 6.07) is 73.0. The number of anilines is 3. The van der Waals surface area contributed by atoms with E-state index in [2.05, 4.69) is 205 Å². The number of benzene rings is 9. The molecule has 0 amide bonds. The summed E-state index contributed by atoms with van der Waals surface area (Å²) in [6.45, 7) is 0. The molecule has 2 heteroatoms. The normalized spacial score (nSPS) is 11.5. The second-order valence-corrected chi connectivity index (χ2v) is 14.4. The van der Waals surface area contributed by atoms with Gasteiger partial charge in [-0.2, -0.15) is 0 Å². The largest absolute Gasteiger partial charge is 0.310 e. The first-order valence-corrected chi connectivity index (χ1v) is 18.6. The van der Waals surface area contributed by atoms with E-state index in [0.29, 0.717) is 0 Å². The fourth-order valence-electron chi connectivity index (χ4n) is 7.76. The molecule has 1 heterocycles. The lowest BCUT2D eigenvalue weighted by Crippen LogP contribution is -2.10. The molecule has 1 aromatic heterocycles. The third-order valence-corrected chi connectivity index (χ3v) is 11.4. The van der Waals surface area contributed by atoms with Crippen LogP contribution in [0, 0.1) is 0 Å². The molecular formula is C50H33NS. The summed E-state index contributed by atoms with van der Waals surface area (Å²) in [6.07, 6.45) is 0. The molecular weight excluding hydrogens is 647 g/mol. The second-order valence-electron chi connectivity index (χ2n) is 13.3. The maximum Gasteiger partial charge on any atom is 0.0554 e. The molecule has 0 radical (unpaired) electrons. The molecule has 1 nitrogen and oxygen atoms in total. The number of rotatable bonds is 6. The summed E-state index contributed by atoms with van der Waals surface area (Å²) in [5.41, 5.74) is 10.7. The van der Waals surface area contributed by atoms with Gasteiger partial charge in [-0.25, -0.2) is 0 Å². The van der Waals surface area contributed by atoms with Crippen LogP contribution in [0.2, 0.25) is 0 Å². The van der Waals surface area contributed by atoms with Gasteiger partial charge >= 0.3 is 0 Å². The van der Waals surface area contributed by atoms with Crippen molar-refractivity contribution in [1.82, 2.24) is 0 Å². The molecule has 244 valence electrons. The van der Waals surface area contributed by atoms with Crippen LogP contribution in [0.25, 0.3) is 75.1 Å². The van der Waals surface area contributed by atoms with Crippen molar-refractivity contribution < 1.29 is 0 Å². The van der Waals surface area contributed by atoms with Crippen LogP contribution >= 0.6 is 11.3 Å². The van der Waals surface area contributed by atoms with Gasteiger partial charge in [0, 0.05) is 31.5 Å². The molecule has 0 aliphatic carbocycles. The van der Waals surface area contributed by atoms with E-state index in [0.717, 1.165) is 11.4 Å². The summed E-state index contributed by atoms with van der Waals surface area (Å²) in [5.74, 6) is 0. The average molecular weight is 680 g/mol. The summed E-state index contributed by atoms with van der Waals surface area (Å²) in [5, 5.41) is 7.54. The topological polar surface area (TPSA) is 3.24 Å². The molecule has 9 aromatic carbocycles. The van der Waals surface area contributed by atoms with Crippen LogP contribution in [0.4, 0.5) is 17.1 Å². The summed E-state index contributed by atoms with van der Waals surface area (Å²) in [7, 11) is 0. The lowest BCUT2D eigenvalue weighted by atomic mass is 9.93. The maximum absolute atomic E-state index is 2.48. The van der Waals surface area contributed by atoms with Crippen LogP contribution in [0.3, 0.4) is 0 Å². The lowest BCUT2D eigenvalue weighted by Gasteiger charge is -2.28. The fourth-order valence-corrected chi connectivity index (χ4v) is 8.87. The predicted octanol–water partition coefficient (Wildman–Crippen LogP) is 14.8. The van der Waals surface area contributed by atoms with Gasteiger partial charge in [0.15, 0.2) is 0 Å². The molecule has 10 rings (SSSR count). The monoisotopic (exact) mass is 679 g/mol. The van der Waals surface area contributed by atoms with Gasteiger partial charge < -0.3 is 4.90 Å². The quantitative estimate of drug-likeness (QED) is 0.158. The van der Waals surface area contributed by atoms with Gasteiger partial charge in [0.2, 0.25) is 0 Å². The number of thiophene rings is 1. The van der Waals surface area contributed by atoms with E-state index in [1.165, 1.54) is 80.8 Å². The Hall–Kier alpha value is -6.48. The van der Waals surface area contributed by atoms with Gasteiger partial charge in [-0.05, 0) is 103 Å². The minimum Gasteiger partial charge on any atom is -0.310 e. The average Bonchev–Trinajstić information content (AvgIpc) is 3.60. The van der Waals surface area contributed by atoms with E-state index in [1.807, 2.05) is 11.3 Å². The van der Waals surface area contributed by atoms with Crippen molar-refractivity contribution >= 4 is 70.1 Å². The molecule has 0 saturated heterocycles. The standard InChI is InChI=1S/C50H33NS/c1-4-13-34(14-5-1)39-26-30-48-46(31-39)50-47(21-12-22-49(50)52-48)51(40-27-25-38-24-23-37-19-10-11-20-42(37)45(38)32-40)41-28-29-43(35-15-6-2-7-16-35)44(33-41)36-17-8-3-9-18-36/h1-33H. The Morgan fingerprint density at radius 1 is 0.327 bits per heavy atom. The third kappa shape index (κ3) is 5.24. The maximum atomic E-state index is 2.48. The summed E-state index contributed by atoms with van der Waals surface area (Å²) < 4.78 is 2.56. The Balaban J connectivity index is 1.27. The zero-order valence-electron chi connectivity index (χ0n) is 28.4. The van der Waals surface area contributed by atoms with E-state index < -0.39 is 0 Å². The Morgan fingerprint density at radius 2 is 0.942 bits per heavy atom. The molecule has 0 atom stereocenters. The van der Waals surface area contributed by atoms with Crippen molar-refractivity contribution in [3.63, 3.8) is 0 Å². The van der Waals surface area contributed by atoms with Gasteiger partial charge in [-0.15, -0.1) is 11.3 Å². The van der Waals surface area contributed by atoms with Crippen molar-refractivity contribution in [1.29, 1.82) is 0 Å². The Bertz CT molecular complexity index is 2890. The minimum atomic E-state index is 1.11. The van der Waals surface area contributed by atoms with E-state index >= 15 is 0 Å². The predicted molar refractivity (Wildman–Crippen MR) is 225 cm³/mol. The Labute approximate surface area is 307 Å². The third-order valence-electron chi connectivity index (χ3n) is 10.2. The first-order chi connectivity index (χ1) is 25.8. The first kappa shape index (κ1) is 30.4. The smallest absolute Gasteiger partial charge is 0.0554 e. The fraction of sp³-hybridized carbons (Fsp3) is 0. The highest BCUT2D eigenvalue weighted by Gasteiger charge is 2.21. The number of hydrogen-bond acceptors (Lipinski definition) is 2. The van der Waals surface area contributed by atoms with Crippen molar-refractivity contribution in [2.75, 3.05) is 4.90 Å². The molecule has 0 aliphatic rings. The van der Waals surface area contributed by atoms with E-state index in [-0.39, 0.29) is 0 Å². The second kappa shape index (κ2) is 12.7. The Kier molecular flexibility index (Phi) is 7.41. The van der Waals surface area contributed by atoms with Crippen LogP contribution in [0.1, 0.15) is 0 Å². The summed E-state index contributed by atoms with van der Waals surface area (Å²) in [4.78, 5) is 2.48. The van der Waals surface area contributed by atoms with Crippen molar-refractivity contribution in [3.05, 3.63) is 200 Å². The van der Waals surface area contributed by atoms with Crippen molar-refractivity contribution in [2.45, 2.75) is 0 Å². The molecule has 0 aliphatic heterocycles. The van der Waals surface area contributed by atoms with Gasteiger partial charge in [-0.1, -0.05) is 152 Å². The van der Waals surface area contributed by atoms with E-state index in [9.17, 15) is 0 Å². The van der Waals surface area contributed by atoms with Crippen LogP contribution in [-0.4, -0.2) is 0 Å². The molecule has 0 bridgehead atoms. The van der Waals surface area contributed by atoms with Crippen molar-refractivity contribution in [2.24, 2.45) is 0 Å². The van der Waals surface area contributed by atoms with Gasteiger partial charge in [0.1, 0.15) is 0 Å². The van der Waals surface area contributed by atoms with E-state index in [4.69, 9.17) is 0 Å². The highest BCUT2D eigenvalue weighted by Crippen LogP contribution is 2.48. The van der Waals surface area contributed by atoms with Crippen molar-refractivity contribution in [3.8, 4) is 33.4 Å². The highest BCUT2D eigenvalue weighted by molar-refractivity contribution is 7.26. The zero-order chi connectivity index (χ0) is 34.4. The first-order valence-electron chi connectivity index (χ1n) is 17.8. The lowest BCUT2D eigenvalue weighted by molar-refractivity contribution is 1.31. The number of fused-ring (bicyclic) bond motifs is 6. The molecule has 0 saturated carbocycles. The van der Waals surface area contributed by atoms with E-state index in [1.54, 1.807) is 0 Å². The van der Waals surface area contributed by atoms with Gasteiger partial charge in [-0.3, -0.25) is 0 Å². The van der Waals surface area contributed by atoms with Crippen LogP contribution < -0.4 is 4.90 Å². The number of hydrogen-bond donors (Lipinski definition) is 0. The zero-order valence-corrected chi connectivity index (χ0v) is 29.2. The van der Waals surface area contributed by atoms with Crippen LogP contribution in [0.5, 0.6) is 0 Å². The highest BCUT2D eigenvalue weighted by atomic mass is 32.1. The van der Waals surface area contributed by atoms with Gasteiger partial charge in [0.25, 0.3) is 0 Å². The molecule has 0 N–H and O–H groups in total. The van der Waals surface area contributed by atoms with Crippen LogP contribution in [-0.2, 0) is 0 Å².